The second-order valence-corrected chi connectivity index (χ2v) is 4.60. The molecule has 0 aliphatic carbocycles. The van der Waals surface area contributed by atoms with Crippen molar-refractivity contribution in [3.05, 3.63) is 59.7 Å². The van der Waals surface area contributed by atoms with E-state index in [1.54, 1.807) is 12.1 Å². The van der Waals surface area contributed by atoms with E-state index in [0.717, 1.165) is 11.3 Å². The lowest BCUT2D eigenvalue weighted by Crippen LogP contribution is -2.18. The minimum absolute atomic E-state index is 0.144. The number of hydrogen-bond donors (Lipinski definition) is 3. The molecule has 3 N–H and O–H groups in total. The van der Waals surface area contributed by atoms with Gasteiger partial charge in [0.1, 0.15) is 5.75 Å². The van der Waals surface area contributed by atoms with Crippen LogP contribution < -0.4 is 10.6 Å². The first kappa shape index (κ1) is 14.1. The first-order valence-corrected chi connectivity index (χ1v) is 6.48. The van der Waals surface area contributed by atoms with E-state index in [0.29, 0.717) is 5.56 Å². The van der Waals surface area contributed by atoms with Crippen molar-refractivity contribution in [3.63, 3.8) is 0 Å². The molecule has 4 nitrogen and oxygen atoms in total. The molecule has 0 saturated carbocycles. The molecule has 104 valence electrons. The van der Waals surface area contributed by atoms with Gasteiger partial charge in [-0.1, -0.05) is 18.2 Å². The van der Waals surface area contributed by atoms with Gasteiger partial charge in [-0.3, -0.25) is 4.79 Å². The zero-order chi connectivity index (χ0) is 14.5. The molecule has 1 atom stereocenters. The van der Waals surface area contributed by atoms with E-state index in [2.05, 4.69) is 10.6 Å². The van der Waals surface area contributed by atoms with Crippen LogP contribution in [0.1, 0.15) is 28.9 Å². The lowest BCUT2D eigenvalue weighted by Gasteiger charge is -2.16. The molecule has 2 rings (SSSR count). The van der Waals surface area contributed by atoms with Crippen molar-refractivity contribution in [1.29, 1.82) is 0 Å². The lowest BCUT2D eigenvalue weighted by atomic mass is 10.1. The van der Waals surface area contributed by atoms with Crippen molar-refractivity contribution in [2.45, 2.75) is 13.0 Å². The number of nitrogens with one attached hydrogen (secondary N) is 2. The monoisotopic (exact) mass is 270 g/mol. The van der Waals surface area contributed by atoms with Crippen LogP contribution in [-0.2, 0) is 0 Å². The predicted molar refractivity (Wildman–Crippen MR) is 80.0 cm³/mol. The van der Waals surface area contributed by atoms with Crippen molar-refractivity contribution in [3.8, 4) is 5.75 Å². The third-order valence-corrected chi connectivity index (χ3v) is 3.24. The van der Waals surface area contributed by atoms with Crippen LogP contribution in [0.15, 0.2) is 48.5 Å². The summed E-state index contributed by atoms with van der Waals surface area (Å²) in [7, 11) is 1.88. The van der Waals surface area contributed by atoms with Crippen LogP contribution in [0.2, 0.25) is 0 Å². The number of benzene rings is 2. The Morgan fingerprint density at radius 3 is 2.40 bits per heavy atom. The Kier molecular flexibility index (Phi) is 4.38. The molecule has 0 saturated heterocycles. The van der Waals surface area contributed by atoms with Crippen LogP contribution in [0.3, 0.4) is 0 Å². The number of rotatable bonds is 4. The van der Waals surface area contributed by atoms with Crippen molar-refractivity contribution < 1.29 is 9.90 Å². The fourth-order valence-corrected chi connectivity index (χ4v) is 1.95. The molecule has 0 spiro atoms. The van der Waals surface area contributed by atoms with E-state index in [4.69, 9.17) is 0 Å². The highest BCUT2D eigenvalue weighted by Crippen LogP contribution is 2.23. The number of aromatic hydroxyl groups is 1. The average molecular weight is 270 g/mol. The Bertz CT molecular complexity index is 594. The summed E-state index contributed by atoms with van der Waals surface area (Å²) >= 11 is 0. The zero-order valence-electron chi connectivity index (χ0n) is 11.6. The fraction of sp³-hybridized carbons (Fsp3) is 0.188. The Hall–Kier alpha value is -2.33. The summed E-state index contributed by atoms with van der Waals surface area (Å²) in [4.78, 5) is 12.2. The van der Waals surface area contributed by atoms with Gasteiger partial charge >= 0.3 is 0 Å². The van der Waals surface area contributed by atoms with Gasteiger partial charge in [-0.05, 0) is 49.9 Å². The summed E-state index contributed by atoms with van der Waals surface area (Å²) in [6, 6.07) is 14.0. The fourth-order valence-electron chi connectivity index (χ4n) is 1.95. The summed E-state index contributed by atoms with van der Waals surface area (Å²) in [5, 5.41) is 15.3. The molecule has 0 radical (unpaired) electrons. The van der Waals surface area contributed by atoms with Gasteiger partial charge in [0.25, 0.3) is 5.91 Å². The van der Waals surface area contributed by atoms with Gasteiger partial charge in [-0.15, -0.1) is 0 Å². The zero-order valence-corrected chi connectivity index (χ0v) is 11.6. The van der Waals surface area contributed by atoms with Crippen molar-refractivity contribution in [2.24, 2.45) is 0 Å². The van der Waals surface area contributed by atoms with Crippen LogP contribution in [-0.4, -0.2) is 18.1 Å². The quantitative estimate of drug-likeness (QED) is 0.800. The predicted octanol–water partition coefficient (Wildman–Crippen LogP) is 2.92. The van der Waals surface area contributed by atoms with E-state index >= 15 is 0 Å². The Morgan fingerprint density at radius 2 is 1.75 bits per heavy atom. The number of phenolic OH excluding ortho intramolecular Hbond substituents is 1. The Morgan fingerprint density at radius 1 is 1.10 bits per heavy atom. The maximum atomic E-state index is 12.2. The molecule has 0 heterocycles. The van der Waals surface area contributed by atoms with E-state index < -0.39 is 0 Å². The molecule has 4 heteroatoms. The van der Waals surface area contributed by atoms with Gasteiger partial charge in [0.2, 0.25) is 0 Å². The van der Waals surface area contributed by atoms with Crippen LogP contribution in [0.25, 0.3) is 0 Å². The van der Waals surface area contributed by atoms with Gasteiger partial charge in [0.05, 0.1) is 0 Å². The molecule has 1 unspecified atom stereocenters. The molecule has 0 fully saturated rings. The second-order valence-electron chi connectivity index (χ2n) is 4.60. The molecular formula is C16H18N2O2. The number of phenols is 1. The molecule has 0 aliphatic heterocycles. The smallest absolute Gasteiger partial charge is 0.255 e. The number of amides is 1. The van der Waals surface area contributed by atoms with Crippen LogP contribution in [0.4, 0.5) is 5.69 Å². The highest BCUT2D eigenvalue weighted by molar-refractivity contribution is 6.04. The Balaban J connectivity index is 2.21. The topological polar surface area (TPSA) is 61.4 Å². The van der Waals surface area contributed by atoms with E-state index in [1.165, 1.54) is 12.1 Å². The SMILES string of the molecule is CNC(C)c1ccccc1NC(=O)c1ccc(O)cc1. The number of carbonyl (C=O) groups is 1. The van der Waals surface area contributed by atoms with Gasteiger partial charge in [-0.2, -0.15) is 0 Å². The van der Waals surface area contributed by atoms with Crippen LogP contribution in [0.5, 0.6) is 5.75 Å². The van der Waals surface area contributed by atoms with E-state index in [9.17, 15) is 9.90 Å². The maximum absolute atomic E-state index is 12.2. The standard InChI is InChI=1S/C16H18N2O2/c1-11(17-2)14-5-3-4-6-15(14)18-16(20)12-7-9-13(19)10-8-12/h3-11,17,19H,1-2H3,(H,18,20). The Labute approximate surface area is 118 Å². The van der Waals surface area contributed by atoms with Crippen LogP contribution in [0, 0.1) is 0 Å². The number of para-hydroxylation sites is 1. The summed E-state index contributed by atoms with van der Waals surface area (Å²) < 4.78 is 0. The number of hydrogen-bond acceptors (Lipinski definition) is 3. The molecule has 0 bridgehead atoms. The van der Waals surface area contributed by atoms with E-state index in [1.807, 2.05) is 38.2 Å². The summed E-state index contributed by atoms with van der Waals surface area (Å²) in [6.07, 6.45) is 0. The highest BCUT2D eigenvalue weighted by atomic mass is 16.3. The minimum Gasteiger partial charge on any atom is -0.508 e. The van der Waals surface area contributed by atoms with Gasteiger partial charge in [-0.25, -0.2) is 0 Å². The number of carbonyl (C=O) groups excluding carboxylic acids is 1. The first-order chi connectivity index (χ1) is 9.61. The largest absolute Gasteiger partial charge is 0.508 e. The molecule has 0 aromatic heterocycles. The van der Waals surface area contributed by atoms with Crippen LogP contribution >= 0.6 is 0 Å². The molecule has 2 aromatic rings. The molecule has 20 heavy (non-hydrogen) atoms. The molecule has 2 aromatic carbocycles. The van der Waals surface area contributed by atoms with Gasteiger partial charge in [0, 0.05) is 17.3 Å². The van der Waals surface area contributed by atoms with E-state index in [-0.39, 0.29) is 17.7 Å². The normalized spacial score (nSPS) is 11.9. The maximum Gasteiger partial charge on any atom is 0.255 e. The third-order valence-electron chi connectivity index (χ3n) is 3.24. The third kappa shape index (κ3) is 3.16. The minimum atomic E-state index is -0.194. The number of anilines is 1. The molecule has 1 amide bonds. The van der Waals surface area contributed by atoms with Crippen molar-refractivity contribution in [1.82, 2.24) is 5.32 Å². The summed E-state index contributed by atoms with van der Waals surface area (Å²) in [6.45, 7) is 2.03. The average Bonchev–Trinajstić information content (AvgIpc) is 2.47. The highest BCUT2D eigenvalue weighted by Gasteiger charge is 2.12. The second kappa shape index (κ2) is 6.21. The molecule has 0 aliphatic rings. The summed E-state index contributed by atoms with van der Waals surface area (Å²) in [5.41, 5.74) is 2.32. The van der Waals surface area contributed by atoms with Gasteiger partial charge < -0.3 is 15.7 Å². The van der Waals surface area contributed by atoms with Crippen molar-refractivity contribution in [2.75, 3.05) is 12.4 Å². The van der Waals surface area contributed by atoms with Crippen molar-refractivity contribution >= 4 is 11.6 Å². The first-order valence-electron chi connectivity index (χ1n) is 6.48. The molecular weight excluding hydrogens is 252 g/mol. The van der Waals surface area contributed by atoms with Gasteiger partial charge in [0.15, 0.2) is 0 Å². The lowest BCUT2D eigenvalue weighted by molar-refractivity contribution is 0.102. The summed E-state index contributed by atoms with van der Waals surface area (Å²) in [5.74, 6) is -0.0495.